The van der Waals surface area contributed by atoms with Gasteiger partial charge in [-0.3, -0.25) is 14.9 Å². The van der Waals surface area contributed by atoms with Crippen molar-refractivity contribution in [3.63, 3.8) is 0 Å². The molecule has 0 aliphatic rings. The zero-order valence-corrected chi connectivity index (χ0v) is 7.47. The van der Waals surface area contributed by atoms with Crippen LogP contribution in [0.2, 0.25) is 0 Å². The Morgan fingerprint density at radius 1 is 1.79 bits per heavy atom. The molecule has 0 aliphatic heterocycles. The van der Waals surface area contributed by atoms with Gasteiger partial charge in [0.15, 0.2) is 0 Å². The second-order valence-corrected chi connectivity index (χ2v) is 2.61. The molecule has 1 aromatic rings. The molecule has 0 unspecified atom stereocenters. The van der Waals surface area contributed by atoms with Crippen molar-refractivity contribution in [3.8, 4) is 6.07 Å². The maximum Gasteiger partial charge on any atom is 0.252 e. The fourth-order valence-electron chi connectivity index (χ4n) is 0.927. The van der Waals surface area contributed by atoms with Crippen LogP contribution in [0, 0.1) is 11.3 Å². The van der Waals surface area contributed by atoms with Gasteiger partial charge in [-0.1, -0.05) is 0 Å². The van der Waals surface area contributed by atoms with Gasteiger partial charge in [0.05, 0.1) is 0 Å². The van der Waals surface area contributed by atoms with Crippen LogP contribution in [0.1, 0.15) is 18.7 Å². The number of rotatable bonds is 4. The summed E-state index contributed by atoms with van der Waals surface area (Å²) in [5, 5.41) is 12.3. The number of aromatic nitrogens is 3. The van der Waals surface area contributed by atoms with Crippen molar-refractivity contribution in [1.82, 2.24) is 20.2 Å². The van der Waals surface area contributed by atoms with Gasteiger partial charge < -0.3 is 0 Å². The first-order chi connectivity index (χ1) is 6.76. The number of nitrogens with one attached hydrogen (secondary N) is 1. The highest BCUT2D eigenvalue weighted by Crippen LogP contribution is 1.94. The minimum Gasteiger partial charge on any atom is -0.294 e. The first-order valence-corrected chi connectivity index (χ1v) is 4.05. The minimum absolute atomic E-state index is 0.133. The fraction of sp³-hybridized carbons (Fsp3) is 0.429. The summed E-state index contributed by atoms with van der Waals surface area (Å²) in [5.74, 6) is 4.82. The lowest BCUT2D eigenvalue weighted by Crippen LogP contribution is -2.29. The van der Waals surface area contributed by atoms with Crippen LogP contribution in [0.5, 0.6) is 0 Å². The van der Waals surface area contributed by atoms with Crippen LogP contribution in [0.4, 0.5) is 0 Å². The average molecular weight is 194 g/mol. The van der Waals surface area contributed by atoms with Crippen molar-refractivity contribution in [2.45, 2.75) is 19.4 Å². The number of aryl methyl sites for hydroxylation is 1. The summed E-state index contributed by atoms with van der Waals surface area (Å²) in [6.07, 6.45) is 2.40. The molecule has 0 aliphatic carbocycles. The largest absolute Gasteiger partial charge is 0.294 e. The minimum atomic E-state index is -0.217. The molecule has 0 saturated carbocycles. The average Bonchev–Trinajstić information content (AvgIpc) is 2.65. The summed E-state index contributed by atoms with van der Waals surface area (Å²) < 4.78 is 1.52. The summed E-state index contributed by atoms with van der Waals surface area (Å²) in [7, 11) is 0. The van der Waals surface area contributed by atoms with E-state index in [0.29, 0.717) is 19.4 Å². The topological polar surface area (TPSA) is 110 Å². The Labute approximate surface area is 80.5 Å². The molecule has 74 valence electrons. The summed E-state index contributed by atoms with van der Waals surface area (Å²) in [4.78, 5) is 14.4. The van der Waals surface area contributed by atoms with E-state index in [0.717, 1.165) is 0 Å². The van der Waals surface area contributed by atoms with Gasteiger partial charge >= 0.3 is 0 Å². The normalized spacial score (nSPS) is 9.43. The second-order valence-electron chi connectivity index (χ2n) is 2.61. The lowest BCUT2D eigenvalue weighted by molar-refractivity contribution is -0.121. The van der Waals surface area contributed by atoms with Crippen LogP contribution in [0.3, 0.4) is 0 Å². The third-order valence-electron chi connectivity index (χ3n) is 1.59. The number of hydrogen-bond acceptors (Lipinski definition) is 5. The molecule has 7 nitrogen and oxygen atoms in total. The van der Waals surface area contributed by atoms with Crippen molar-refractivity contribution in [1.29, 1.82) is 5.26 Å². The van der Waals surface area contributed by atoms with Gasteiger partial charge in [0.2, 0.25) is 5.91 Å². The van der Waals surface area contributed by atoms with E-state index < -0.39 is 0 Å². The number of amides is 1. The molecule has 0 saturated heterocycles. The Morgan fingerprint density at radius 2 is 2.57 bits per heavy atom. The predicted octanol–water partition coefficient (Wildman–Crippen LogP) is -1.08. The van der Waals surface area contributed by atoms with E-state index in [1.165, 1.54) is 11.0 Å². The zero-order valence-electron chi connectivity index (χ0n) is 7.47. The summed E-state index contributed by atoms with van der Waals surface area (Å²) in [6.45, 7) is 0.544. The molecule has 0 spiro atoms. The molecular formula is C7H10N6O. The van der Waals surface area contributed by atoms with Crippen molar-refractivity contribution in [3.05, 3.63) is 12.2 Å². The van der Waals surface area contributed by atoms with E-state index in [9.17, 15) is 4.79 Å². The quantitative estimate of drug-likeness (QED) is 0.360. The first kappa shape index (κ1) is 10.1. The molecule has 14 heavy (non-hydrogen) atoms. The maximum atomic E-state index is 10.7. The Kier molecular flexibility index (Phi) is 3.58. The molecule has 0 bridgehead atoms. The SMILES string of the molecule is N#Cc1ncn(CCCC(=O)NN)n1. The summed E-state index contributed by atoms with van der Waals surface area (Å²) >= 11 is 0. The van der Waals surface area contributed by atoms with Gasteiger partial charge in [0, 0.05) is 13.0 Å². The molecule has 1 rings (SSSR count). The van der Waals surface area contributed by atoms with E-state index in [2.05, 4.69) is 10.1 Å². The molecule has 7 heteroatoms. The Hall–Kier alpha value is -1.94. The molecular weight excluding hydrogens is 184 g/mol. The first-order valence-electron chi connectivity index (χ1n) is 4.05. The third kappa shape index (κ3) is 2.84. The molecule has 1 heterocycles. The van der Waals surface area contributed by atoms with Crippen molar-refractivity contribution in [2.75, 3.05) is 0 Å². The van der Waals surface area contributed by atoms with Crippen molar-refractivity contribution < 1.29 is 4.79 Å². The van der Waals surface area contributed by atoms with Crippen LogP contribution in [0.25, 0.3) is 0 Å². The number of carbonyl (C=O) groups is 1. The van der Waals surface area contributed by atoms with Gasteiger partial charge in [0.25, 0.3) is 5.82 Å². The predicted molar refractivity (Wildman–Crippen MR) is 46.3 cm³/mol. The highest BCUT2D eigenvalue weighted by atomic mass is 16.2. The highest BCUT2D eigenvalue weighted by molar-refractivity contribution is 5.74. The number of carbonyl (C=O) groups excluding carboxylic acids is 1. The van der Waals surface area contributed by atoms with Crippen LogP contribution < -0.4 is 11.3 Å². The van der Waals surface area contributed by atoms with Gasteiger partial charge in [0.1, 0.15) is 12.4 Å². The van der Waals surface area contributed by atoms with E-state index in [1.807, 2.05) is 11.5 Å². The number of nitriles is 1. The van der Waals surface area contributed by atoms with Crippen LogP contribution in [0.15, 0.2) is 6.33 Å². The van der Waals surface area contributed by atoms with Crippen LogP contribution in [-0.4, -0.2) is 20.7 Å². The standard InChI is InChI=1S/C7H10N6O/c8-4-6-10-5-13(12-6)3-1-2-7(14)11-9/h5H,1-3,9H2,(H,11,14). The lowest BCUT2D eigenvalue weighted by atomic mass is 10.3. The van der Waals surface area contributed by atoms with Gasteiger partial charge in [-0.25, -0.2) is 10.8 Å². The smallest absolute Gasteiger partial charge is 0.252 e. The van der Waals surface area contributed by atoms with Crippen molar-refractivity contribution in [2.24, 2.45) is 5.84 Å². The molecule has 1 amide bonds. The second kappa shape index (κ2) is 4.94. The third-order valence-corrected chi connectivity index (χ3v) is 1.59. The molecule has 3 N–H and O–H groups in total. The molecule has 0 radical (unpaired) electrons. The van der Waals surface area contributed by atoms with Gasteiger partial charge in [-0.05, 0) is 6.42 Å². The Balaban J connectivity index is 2.32. The number of hydrazine groups is 1. The number of nitrogens with two attached hydrogens (primary N) is 1. The van der Waals surface area contributed by atoms with Crippen LogP contribution in [-0.2, 0) is 11.3 Å². The van der Waals surface area contributed by atoms with E-state index >= 15 is 0 Å². The van der Waals surface area contributed by atoms with Gasteiger partial charge in [-0.2, -0.15) is 5.26 Å². The number of hydrogen-bond donors (Lipinski definition) is 2. The van der Waals surface area contributed by atoms with Crippen molar-refractivity contribution >= 4 is 5.91 Å². The molecule has 1 aromatic heterocycles. The fourth-order valence-corrected chi connectivity index (χ4v) is 0.927. The Morgan fingerprint density at radius 3 is 3.14 bits per heavy atom. The molecule has 0 aromatic carbocycles. The maximum absolute atomic E-state index is 10.7. The summed E-state index contributed by atoms with van der Waals surface area (Å²) in [6, 6.07) is 1.82. The number of nitrogens with zero attached hydrogens (tertiary/aromatic N) is 4. The molecule has 0 fully saturated rings. The highest BCUT2D eigenvalue weighted by Gasteiger charge is 2.01. The molecule has 0 atom stereocenters. The Bertz CT molecular complexity index is 351. The van der Waals surface area contributed by atoms with Crippen LogP contribution >= 0.6 is 0 Å². The van der Waals surface area contributed by atoms with E-state index in [-0.39, 0.29) is 11.7 Å². The zero-order chi connectivity index (χ0) is 10.4. The summed E-state index contributed by atoms with van der Waals surface area (Å²) in [5.41, 5.74) is 2.03. The lowest BCUT2D eigenvalue weighted by Gasteiger charge is -1.99. The van der Waals surface area contributed by atoms with E-state index in [4.69, 9.17) is 11.1 Å². The van der Waals surface area contributed by atoms with E-state index in [1.54, 1.807) is 0 Å². The van der Waals surface area contributed by atoms with Gasteiger partial charge in [-0.15, -0.1) is 5.10 Å². The monoisotopic (exact) mass is 194 g/mol.